The molecule has 1 aliphatic rings. The zero-order chi connectivity index (χ0) is 24.2. The molecule has 1 aromatic heterocycles. The Morgan fingerprint density at radius 3 is 2.17 bits per heavy atom. The van der Waals surface area contributed by atoms with Gasteiger partial charge >= 0.3 is 6.01 Å². The fourth-order valence-electron chi connectivity index (χ4n) is 5.02. The molecule has 0 unspecified atom stereocenters. The van der Waals surface area contributed by atoms with Crippen molar-refractivity contribution in [3.8, 4) is 45.7 Å². The summed E-state index contributed by atoms with van der Waals surface area (Å²) in [4.78, 5) is 13.8. The van der Waals surface area contributed by atoms with E-state index in [-0.39, 0.29) is 17.2 Å². The van der Waals surface area contributed by atoms with Crippen LogP contribution in [0.5, 0.6) is 11.8 Å². The van der Waals surface area contributed by atoms with Gasteiger partial charge in [0, 0.05) is 11.0 Å². The van der Waals surface area contributed by atoms with Gasteiger partial charge in [0.15, 0.2) is 11.6 Å². The fourth-order valence-corrected chi connectivity index (χ4v) is 5.02. The molecule has 0 saturated carbocycles. The molecule has 0 amide bonds. The summed E-state index contributed by atoms with van der Waals surface area (Å²) in [5.74, 6) is 1.01. The number of nitrogens with zero attached hydrogens (tertiary/aromatic N) is 3. The third-order valence-corrected chi connectivity index (χ3v) is 6.83. The Kier molecular flexibility index (Phi) is 4.81. The number of aromatic nitrogens is 3. The number of hydrogen-bond acceptors (Lipinski definition) is 5. The van der Waals surface area contributed by atoms with E-state index in [1.165, 1.54) is 33.0 Å². The molecule has 1 heterocycles. The second-order valence-electron chi connectivity index (χ2n) is 9.35. The van der Waals surface area contributed by atoms with Crippen molar-refractivity contribution in [1.82, 2.24) is 15.0 Å². The highest BCUT2D eigenvalue weighted by Crippen LogP contribution is 2.50. The third-order valence-electron chi connectivity index (χ3n) is 6.83. The Morgan fingerprint density at radius 1 is 0.714 bits per heavy atom. The van der Waals surface area contributed by atoms with Gasteiger partial charge in [0.2, 0.25) is 0 Å². The van der Waals surface area contributed by atoms with Crippen LogP contribution >= 0.6 is 0 Å². The Bertz CT molecular complexity index is 1610. The van der Waals surface area contributed by atoms with E-state index in [0.29, 0.717) is 23.8 Å². The fraction of sp³-hybridized carbons (Fsp3) is 0.167. The lowest BCUT2D eigenvalue weighted by Crippen LogP contribution is -2.15. The SMILES string of the molecule is CCOc1nc(-c2ccc3c(c2)C(C)(C)c2cc4ccccc4cc2-3)nc(-c2ccccc2O)n1. The van der Waals surface area contributed by atoms with Crippen LogP contribution in [0, 0.1) is 0 Å². The quantitative estimate of drug-likeness (QED) is 0.321. The molecule has 1 N–H and O–H groups in total. The minimum Gasteiger partial charge on any atom is -0.507 e. The number of hydrogen-bond donors (Lipinski definition) is 1. The van der Waals surface area contributed by atoms with Crippen LogP contribution in [0.2, 0.25) is 0 Å². The van der Waals surface area contributed by atoms with Crippen molar-refractivity contribution in [3.63, 3.8) is 0 Å². The van der Waals surface area contributed by atoms with Crippen molar-refractivity contribution in [2.24, 2.45) is 0 Å². The Morgan fingerprint density at radius 2 is 1.40 bits per heavy atom. The first-order chi connectivity index (χ1) is 17.0. The summed E-state index contributed by atoms with van der Waals surface area (Å²) < 4.78 is 5.65. The zero-order valence-electron chi connectivity index (χ0n) is 19.9. The highest BCUT2D eigenvalue weighted by atomic mass is 16.5. The van der Waals surface area contributed by atoms with Crippen LogP contribution in [0.1, 0.15) is 31.9 Å². The van der Waals surface area contributed by atoms with E-state index < -0.39 is 0 Å². The minimum atomic E-state index is -0.166. The molecule has 0 aliphatic heterocycles. The molecule has 5 heteroatoms. The standard InChI is InChI=1S/C30H25N3O2/c1-4-35-29-32-27(31-28(33-29)22-11-7-8-12-26(22)34)20-13-14-21-23-15-18-9-5-6-10-19(18)16-25(23)30(2,3)24(21)17-20/h5-17,34H,4H2,1-3H3. The van der Waals surface area contributed by atoms with Crippen LogP contribution in [-0.4, -0.2) is 26.7 Å². The van der Waals surface area contributed by atoms with Crippen molar-refractivity contribution in [3.05, 3.63) is 90.0 Å². The topological polar surface area (TPSA) is 68.1 Å². The summed E-state index contributed by atoms with van der Waals surface area (Å²) in [5.41, 5.74) is 6.33. The van der Waals surface area contributed by atoms with Crippen molar-refractivity contribution in [2.75, 3.05) is 6.61 Å². The molecule has 172 valence electrons. The van der Waals surface area contributed by atoms with Gasteiger partial charge in [0.1, 0.15) is 5.75 Å². The number of rotatable bonds is 4. The normalized spacial score (nSPS) is 13.5. The summed E-state index contributed by atoms with van der Waals surface area (Å²) in [5, 5.41) is 12.9. The second-order valence-corrected chi connectivity index (χ2v) is 9.35. The van der Waals surface area contributed by atoms with Gasteiger partial charge in [-0.1, -0.05) is 62.4 Å². The predicted octanol–water partition coefficient (Wildman–Crippen LogP) is 6.77. The number of phenols is 1. The first-order valence-electron chi connectivity index (χ1n) is 11.8. The largest absolute Gasteiger partial charge is 0.507 e. The lowest BCUT2D eigenvalue weighted by molar-refractivity contribution is 0.312. The Hall–Kier alpha value is -4.25. The number of fused-ring (bicyclic) bond motifs is 4. The minimum absolute atomic E-state index is 0.115. The lowest BCUT2D eigenvalue weighted by atomic mass is 9.81. The van der Waals surface area contributed by atoms with Crippen LogP contribution in [0.3, 0.4) is 0 Å². The molecule has 6 rings (SSSR count). The van der Waals surface area contributed by atoms with E-state index >= 15 is 0 Å². The molecule has 0 fully saturated rings. The molecular formula is C30H25N3O2. The van der Waals surface area contributed by atoms with Crippen LogP contribution in [0.4, 0.5) is 0 Å². The van der Waals surface area contributed by atoms with Gasteiger partial charge in [-0.2, -0.15) is 9.97 Å². The first-order valence-corrected chi connectivity index (χ1v) is 11.8. The number of ether oxygens (including phenoxy) is 1. The van der Waals surface area contributed by atoms with E-state index in [4.69, 9.17) is 9.72 Å². The molecule has 0 spiro atoms. The van der Waals surface area contributed by atoms with Gasteiger partial charge in [0.05, 0.1) is 12.2 Å². The number of aromatic hydroxyl groups is 1. The number of para-hydroxylation sites is 1. The summed E-state index contributed by atoms with van der Waals surface area (Å²) in [7, 11) is 0. The van der Waals surface area contributed by atoms with Gasteiger partial charge in [0.25, 0.3) is 0 Å². The Labute approximate surface area is 204 Å². The van der Waals surface area contributed by atoms with E-state index in [2.05, 4.69) is 78.4 Å². The van der Waals surface area contributed by atoms with Crippen LogP contribution in [0.15, 0.2) is 78.9 Å². The molecule has 0 bridgehead atoms. The third kappa shape index (κ3) is 3.43. The molecule has 4 aromatic carbocycles. The van der Waals surface area contributed by atoms with Crippen molar-refractivity contribution >= 4 is 10.8 Å². The van der Waals surface area contributed by atoms with E-state index in [1.807, 2.05) is 13.0 Å². The van der Waals surface area contributed by atoms with E-state index in [1.54, 1.807) is 18.2 Å². The number of phenolic OH excluding ortho intramolecular Hbond substituents is 1. The van der Waals surface area contributed by atoms with Gasteiger partial charge in [-0.05, 0) is 70.3 Å². The highest BCUT2D eigenvalue weighted by Gasteiger charge is 2.36. The number of benzene rings is 4. The molecule has 35 heavy (non-hydrogen) atoms. The second kappa shape index (κ2) is 7.91. The average Bonchev–Trinajstić information content (AvgIpc) is 3.09. The van der Waals surface area contributed by atoms with Crippen molar-refractivity contribution < 1.29 is 9.84 Å². The van der Waals surface area contributed by atoms with E-state index in [9.17, 15) is 5.11 Å². The maximum absolute atomic E-state index is 10.4. The molecule has 5 aromatic rings. The van der Waals surface area contributed by atoms with Gasteiger partial charge in [-0.3, -0.25) is 0 Å². The summed E-state index contributed by atoms with van der Waals surface area (Å²) >= 11 is 0. The van der Waals surface area contributed by atoms with Crippen molar-refractivity contribution in [1.29, 1.82) is 0 Å². The molecule has 1 aliphatic carbocycles. The molecule has 0 saturated heterocycles. The molecule has 0 radical (unpaired) electrons. The van der Waals surface area contributed by atoms with Crippen LogP contribution < -0.4 is 4.74 Å². The lowest BCUT2D eigenvalue weighted by Gasteiger charge is -2.22. The van der Waals surface area contributed by atoms with Gasteiger partial charge in [-0.15, -0.1) is 0 Å². The maximum Gasteiger partial charge on any atom is 0.320 e. The molecular weight excluding hydrogens is 434 g/mol. The highest BCUT2D eigenvalue weighted by molar-refractivity contribution is 5.94. The molecule has 5 nitrogen and oxygen atoms in total. The summed E-state index contributed by atoms with van der Waals surface area (Å²) in [6.07, 6.45) is 0. The monoisotopic (exact) mass is 459 g/mol. The smallest absolute Gasteiger partial charge is 0.320 e. The summed E-state index contributed by atoms with van der Waals surface area (Å²) in [6, 6.07) is 26.8. The van der Waals surface area contributed by atoms with Crippen LogP contribution in [-0.2, 0) is 5.41 Å². The maximum atomic E-state index is 10.4. The Balaban J connectivity index is 1.51. The first kappa shape index (κ1) is 21.3. The van der Waals surface area contributed by atoms with Gasteiger partial charge in [-0.25, -0.2) is 4.98 Å². The average molecular weight is 460 g/mol. The van der Waals surface area contributed by atoms with Crippen LogP contribution in [0.25, 0.3) is 44.7 Å². The predicted molar refractivity (Wildman–Crippen MR) is 139 cm³/mol. The van der Waals surface area contributed by atoms with E-state index in [0.717, 1.165) is 5.56 Å². The molecule has 0 atom stereocenters. The summed E-state index contributed by atoms with van der Waals surface area (Å²) in [6.45, 7) is 6.86. The zero-order valence-corrected chi connectivity index (χ0v) is 19.9. The van der Waals surface area contributed by atoms with Gasteiger partial charge < -0.3 is 9.84 Å². The van der Waals surface area contributed by atoms with Crippen molar-refractivity contribution in [2.45, 2.75) is 26.2 Å².